The topological polar surface area (TPSA) is 73.0 Å². The van der Waals surface area contributed by atoms with Crippen LogP contribution < -0.4 is 5.32 Å². The van der Waals surface area contributed by atoms with Gasteiger partial charge < -0.3 is 15.1 Å². The van der Waals surface area contributed by atoms with E-state index in [0.717, 1.165) is 25.7 Å². The minimum Gasteiger partial charge on any atom is -0.338 e. The van der Waals surface area contributed by atoms with Crippen molar-refractivity contribution in [2.45, 2.75) is 57.5 Å². The molecular formula is C16H26N4O3. The Morgan fingerprint density at radius 2 is 2.09 bits per heavy atom. The Bertz CT molecular complexity index is 523. The number of imide groups is 1. The molecule has 0 aromatic carbocycles. The van der Waals surface area contributed by atoms with Gasteiger partial charge in [-0.25, -0.2) is 9.59 Å². The maximum absolute atomic E-state index is 13.0. The van der Waals surface area contributed by atoms with Crippen LogP contribution in [-0.4, -0.2) is 70.4 Å². The highest BCUT2D eigenvalue weighted by molar-refractivity contribution is 6.07. The number of fused-ring (bicyclic) bond motifs is 1. The van der Waals surface area contributed by atoms with E-state index >= 15 is 0 Å². The minimum atomic E-state index is -0.606. The molecule has 0 radical (unpaired) electrons. The number of amides is 5. The van der Waals surface area contributed by atoms with Crippen LogP contribution in [0.3, 0.4) is 0 Å². The highest BCUT2D eigenvalue weighted by Gasteiger charge is 2.60. The molecule has 0 aliphatic carbocycles. The van der Waals surface area contributed by atoms with Gasteiger partial charge in [0.2, 0.25) is 0 Å². The third-order valence-electron chi connectivity index (χ3n) is 5.35. The summed E-state index contributed by atoms with van der Waals surface area (Å²) in [6, 6.07) is -0.446. The molecule has 0 spiro atoms. The predicted molar refractivity (Wildman–Crippen MR) is 84.9 cm³/mol. The molecule has 7 nitrogen and oxygen atoms in total. The van der Waals surface area contributed by atoms with E-state index in [0.29, 0.717) is 32.6 Å². The average molecular weight is 322 g/mol. The summed E-state index contributed by atoms with van der Waals surface area (Å²) < 4.78 is 0. The van der Waals surface area contributed by atoms with Crippen molar-refractivity contribution >= 4 is 18.0 Å². The number of hydrogen-bond acceptors (Lipinski definition) is 3. The molecule has 3 heterocycles. The number of nitrogens with one attached hydrogen (secondary N) is 1. The summed E-state index contributed by atoms with van der Waals surface area (Å²) in [7, 11) is 0. The molecule has 5 amide bonds. The van der Waals surface area contributed by atoms with Crippen molar-refractivity contribution in [3.05, 3.63) is 0 Å². The van der Waals surface area contributed by atoms with Crippen LogP contribution in [-0.2, 0) is 4.79 Å². The summed E-state index contributed by atoms with van der Waals surface area (Å²) >= 11 is 0. The van der Waals surface area contributed by atoms with Crippen LogP contribution in [0.15, 0.2) is 0 Å². The Morgan fingerprint density at radius 3 is 2.78 bits per heavy atom. The van der Waals surface area contributed by atoms with Crippen molar-refractivity contribution in [1.82, 2.24) is 20.0 Å². The van der Waals surface area contributed by atoms with E-state index in [-0.39, 0.29) is 24.0 Å². The molecule has 3 saturated heterocycles. The van der Waals surface area contributed by atoms with Crippen molar-refractivity contribution in [3.8, 4) is 0 Å². The summed E-state index contributed by atoms with van der Waals surface area (Å²) in [4.78, 5) is 42.7. The van der Waals surface area contributed by atoms with E-state index in [4.69, 9.17) is 0 Å². The monoisotopic (exact) mass is 322 g/mol. The lowest BCUT2D eigenvalue weighted by Gasteiger charge is -2.27. The first-order valence-corrected chi connectivity index (χ1v) is 8.73. The summed E-state index contributed by atoms with van der Waals surface area (Å²) in [5.74, 6) is -0.0374. The first-order chi connectivity index (χ1) is 11.0. The fraction of sp³-hybridized carbons (Fsp3) is 0.812. The zero-order valence-corrected chi connectivity index (χ0v) is 14.0. The van der Waals surface area contributed by atoms with Gasteiger partial charge in [0.15, 0.2) is 0 Å². The minimum absolute atomic E-state index is 0.0374. The average Bonchev–Trinajstić information content (AvgIpc) is 3.19. The van der Waals surface area contributed by atoms with Gasteiger partial charge >= 0.3 is 12.1 Å². The molecule has 3 aliphatic heterocycles. The SMILES string of the molecule is CCC[C@@]12CCCN1C(=O)N([C@@H]1CCN(C(=O)NCC)C1)C2=O. The van der Waals surface area contributed by atoms with Crippen molar-refractivity contribution in [1.29, 1.82) is 0 Å². The maximum atomic E-state index is 13.0. The zero-order chi connectivity index (χ0) is 16.6. The van der Waals surface area contributed by atoms with Gasteiger partial charge in [0.1, 0.15) is 5.54 Å². The second kappa shape index (κ2) is 6.02. The van der Waals surface area contributed by atoms with Crippen molar-refractivity contribution in [2.75, 3.05) is 26.2 Å². The van der Waals surface area contributed by atoms with Gasteiger partial charge in [-0.1, -0.05) is 13.3 Å². The first kappa shape index (κ1) is 16.1. The number of carbonyl (C=O) groups excluding carboxylic acids is 3. The molecular weight excluding hydrogens is 296 g/mol. The van der Waals surface area contributed by atoms with Crippen molar-refractivity contribution < 1.29 is 14.4 Å². The number of likely N-dealkylation sites (tertiary alicyclic amines) is 1. The Kier molecular flexibility index (Phi) is 4.21. The summed E-state index contributed by atoms with van der Waals surface area (Å²) in [6.45, 7) is 6.22. The summed E-state index contributed by atoms with van der Waals surface area (Å²) in [6.07, 6.45) is 3.97. The van der Waals surface area contributed by atoms with E-state index in [1.807, 2.05) is 6.92 Å². The van der Waals surface area contributed by atoms with E-state index in [1.165, 1.54) is 4.90 Å². The molecule has 0 aromatic heterocycles. The molecule has 0 unspecified atom stereocenters. The fourth-order valence-corrected chi connectivity index (χ4v) is 4.32. The molecule has 1 N–H and O–H groups in total. The highest BCUT2D eigenvalue weighted by atomic mass is 16.2. The van der Waals surface area contributed by atoms with E-state index < -0.39 is 5.54 Å². The second-order valence-electron chi connectivity index (χ2n) is 6.72. The third-order valence-corrected chi connectivity index (χ3v) is 5.35. The third kappa shape index (κ3) is 2.37. The Labute approximate surface area is 137 Å². The quantitative estimate of drug-likeness (QED) is 0.795. The lowest BCUT2D eigenvalue weighted by molar-refractivity contribution is -0.134. The first-order valence-electron chi connectivity index (χ1n) is 8.73. The lowest BCUT2D eigenvalue weighted by Crippen LogP contribution is -2.47. The normalized spacial score (nSPS) is 30.3. The molecule has 0 saturated carbocycles. The fourth-order valence-electron chi connectivity index (χ4n) is 4.32. The Morgan fingerprint density at radius 1 is 1.30 bits per heavy atom. The number of carbonyl (C=O) groups is 3. The van der Waals surface area contributed by atoms with Crippen molar-refractivity contribution in [2.24, 2.45) is 0 Å². The van der Waals surface area contributed by atoms with E-state index in [1.54, 1.807) is 9.80 Å². The van der Waals surface area contributed by atoms with Gasteiger partial charge in [-0.2, -0.15) is 0 Å². The van der Waals surface area contributed by atoms with Gasteiger partial charge in [0.05, 0.1) is 6.04 Å². The van der Waals surface area contributed by atoms with Crippen molar-refractivity contribution in [3.63, 3.8) is 0 Å². The molecule has 0 aromatic rings. The van der Waals surface area contributed by atoms with Gasteiger partial charge in [-0.05, 0) is 32.6 Å². The standard InChI is InChI=1S/C16H26N4O3/c1-3-7-16-8-5-9-19(16)15(23)20(13(16)21)12-6-10-18(11-12)14(22)17-4-2/h12H,3-11H2,1-2H3,(H,17,22)/t12-,16+/m1/s1. The number of rotatable bonds is 4. The zero-order valence-electron chi connectivity index (χ0n) is 14.0. The molecule has 3 rings (SSSR count). The molecule has 23 heavy (non-hydrogen) atoms. The molecule has 128 valence electrons. The van der Waals surface area contributed by atoms with Gasteiger partial charge in [-0.3, -0.25) is 9.69 Å². The van der Waals surface area contributed by atoms with Gasteiger partial charge in [0, 0.05) is 26.2 Å². The van der Waals surface area contributed by atoms with Gasteiger partial charge in [0.25, 0.3) is 5.91 Å². The second-order valence-corrected chi connectivity index (χ2v) is 6.72. The summed E-state index contributed by atoms with van der Waals surface area (Å²) in [5.41, 5.74) is -0.606. The lowest BCUT2D eigenvalue weighted by atomic mass is 9.90. The van der Waals surface area contributed by atoms with E-state index in [2.05, 4.69) is 12.2 Å². The van der Waals surface area contributed by atoms with Crippen LogP contribution in [0.2, 0.25) is 0 Å². The molecule has 2 atom stereocenters. The highest BCUT2D eigenvalue weighted by Crippen LogP contribution is 2.42. The van der Waals surface area contributed by atoms with E-state index in [9.17, 15) is 14.4 Å². The molecule has 3 aliphatic rings. The van der Waals surface area contributed by atoms with Crippen LogP contribution in [0.25, 0.3) is 0 Å². The summed E-state index contributed by atoms with van der Waals surface area (Å²) in [5, 5.41) is 2.78. The number of nitrogens with zero attached hydrogens (tertiary/aromatic N) is 3. The molecule has 7 heteroatoms. The van der Waals surface area contributed by atoms with Crippen LogP contribution in [0.1, 0.15) is 46.0 Å². The predicted octanol–water partition coefficient (Wildman–Crippen LogP) is 1.39. The molecule has 3 fully saturated rings. The van der Waals surface area contributed by atoms with Crippen LogP contribution in [0, 0.1) is 0 Å². The smallest absolute Gasteiger partial charge is 0.327 e. The van der Waals surface area contributed by atoms with Crippen LogP contribution in [0.5, 0.6) is 0 Å². The Hall–Kier alpha value is -1.79. The van der Waals surface area contributed by atoms with Crippen LogP contribution >= 0.6 is 0 Å². The number of urea groups is 2. The maximum Gasteiger partial charge on any atom is 0.327 e. The van der Waals surface area contributed by atoms with Gasteiger partial charge in [-0.15, -0.1) is 0 Å². The Balaban J connectivity index is 1.76. The number of hydrogen-bond donors (Lipinski definition) is 1. The largest absolute Gasteiger partial charge is 0.338 e. The van der Waals surface area contributed by atoms with Crippen LogP contribution in [0.4, 0.5) is 9.59 Å². The molecule has 0 bridgehead atoms.